The number of nitrogens with zero attached hydrogens (tertiary/aromatic N) is 2. The van der Waals surface area contributed by atoms with Gasteiger partial charge in [-0.1, -0.05) is 6.07 Å². The number of carbonyl (C=O) groups excluding carboxylic acids is 1. The fraction of sp³-hybridized carbons (Fsp3) is 0.435. The van der Waals surface area contributed by atoms with Crippen molar-refractivity contribution < 1.29 is 14.3 Å². The largest absolute Gasteiger partial charge is 0.481 e. The summed E-state index contributed by atoms with van der Waals surface area (Å²) in [5.74, 6) is 1.67. The van der Waals surface area contributed by atoms with E-state index in [1.54, 1.807) is 36.8 Å². The van der Waals surface area contributed by atoms with Crippen LogP contribution in [0.25, 0.3) is 11.0 Å². The van der Waals surface area contributed by atoms with Gasteiger partial charge in [0.05, 0.1) is 34.5 Å². The summed E-state index contributed by atoms with van der Waals surface area (Å²) >= 11 is 3.71. The van der Waals surface area contributed by atoms with E-state index in [4.69, 9.17) is 9.47 Å². The third kappa shape index (κ3) is 6.18. The molecule has 4 rings (SSSR count). The topological polar surface area (TPSA) is 73.3 Å². The molecule has 1 aliphatic carbocycles. The number of pyridine rings is 2. The summed E-state index contributed by atoms with van der Waals surface area (Å²) < 4.78 is 12.1. The molecule has 8 heteroatoms. The lowest BCUT2D eigenvalue weighted by atomic mass is 9.86. The van der Waals surface area contributed by atoms with Crippen molar-refractivity contribution in [2.24, 2.45) is 5.92 Å². The molecule has 0 aromatic carbocycles. The van der Waals surface area contributed by atoms with E-state index in [2.05, 4.69) is 32.8 Å². The first kappa shape index (κ1) is 22.0. The average molecular weight is 458 g/mol. The molecule has 1 aliphatic rings. The lowest BCUT2D eigenvalue weighted by Gasteiger charge is -2.28. The molecule has 0 unspecified atom stereocenters. The predicted octanol–water partition coefficient (Wildman–Crippen LogP) is 4.80. The molecule has 0 aliphatic heterocycles. The van der Waals surface area contributed by atoms with Gasteiger partial charge in [-0.15, -0.1) is 23.1 Å². The van der Waals surface area contributed by atoms with Crippen LogP contribution in [0.4, 0.5) is 0 Å². The van der Waals surface area contributed by atoms with Crippen LogP contribution in [0.15, 0.2) is 46.1 Å². The molecule has 164 valence electrons. The zero-order chi connectivity index (χ0) is 21.5. The molecule has 0 atom stereocenters. The Hall–Kier alpha value is -2.16. The van der Waals surface area contributed by atoms with E-state index < -0.39 is 0 Å². The highest BCUT2D eigenvalue weighted by Crippen LogP contribution is 2.26. The number of hydrogen-bond acceptors (Lipinski definition) is 8. The second kappa shape index (κ2) is 10.9. The summed E-state index contributed by atoms with van der Waals surface area (Å²) in [6, 6.07) is 10.1. The lowest BCUT2D eigenvalue weighted by Crippen LogP contribution is -2.35. The molecule has 0 spiro atoms. The zero-order valence-corrected chi connectivity index (χ0v) is 19.2. The van der Waals surface area contributed by atoms with Crippen LogP contribution in [0.5, 0.6) is 5.88 Å². The van der Waals surface area contributed by atoms with Crippen LogP contribution in [-0.4, -0.2) is 48.0 Å². The lowest BCUT2D eigenvalue weighted by molar-refractivity contribution is 0.0402. The van der Waals surface area contributed by atoms with Crippen molar-refractivity contribution in [3.05, 3.63) is 47.5 Å². The highest BCUT2D eigenvalue weighted by molar-refractivity contribution is 8.01. The first-order chi connectivity index (χ1) is 15.2. The maximum absolute atomic E-state index is 12.5. The normalized spacial score (nSPS) is 18.7. The van der Waals surface area contributed by atoms with Gasteiger partial charge in [0.1, 0.15) is 0 Å². The Morgan fingerprint density at radius 1 is 1.23 bits per heavy atom. The van der Waals surface area contributed by atoms with Crippen LogP contribution >= 0.6 is 23.1 Å². The third-order valence-electron chi connectivity index (χ3n) is 5.53. The van der Waals surface area contributed by atoms with Crippen molar-refractivity contribution >= 4 is 40.1 Å². The monoisotopic (exact) mass is 457 g/mol. The number of ether oxygens (including phenoxy) is 2. The highest BCUT2D eigenvalue weighted by Gasteiger charge is 2.22. The predicted molar refractivity (Wildman–Crippen MR) is 125 cm³/mol. The van der Waals surface area contributed by atoms with Gasteiger partial charge in [0.15, 0.2) is 0 Å². The molecule has 1 saturated carbocycles. The van der Waals surface area contributed by atoms with Crippen LogP contribution in [0.2, 0.25) is 0 Å². The van der Waals surface area contributed by atoms with Crippen molar-refractivity contribution in [2.75, 3.05) is 26.0 Å². The Labute approximate surface area is 190 Å². The summed E-state index contributed by atoms with van der Waals surface area (Å²) in [7, 11) is 1.56. The Morgan fingerprint density at radius 3 is 2.87 bits per heavy atom. The van der Waals surface area contributed by atoms with Gasteiger partial charge < -0.3 is 14.8 Å². The number of carbonyl (C=O) groups is 1. The van der Waals surface area contributed by atoms with E-state index in [1.807, 2.05) is 17.8 Å². The average Bonchev–Trinajstić information content (AvgIpc) is 3.34. The molecular formula is C23H27N3O3S2. The minimum absolute atomic E-state index is 0.343. The van der Waals surface area contributed by atoms with Crippen LogP contribution in [0.1, 0.15) is 36.0 Å². The number of thioether (sulfide) groups is 1. The fourth-order valence-corrected chi connectivity index (χ4v) is 5.52. The second-order valence-corrected chi connectivity index (χ2v) is 10.0. The molecule has 3 heterocycles. The number of hydrogen-bond donors (Lipinski definition) is 1. The summed E-state index contributed by atoms with van der Waals surface area (Å²) in [6.07, 6.45) is 5.98. The van der Waals surface area contributed by atoms with Crippen molar-refractivity contribution in [2.45, 2.75) is 35.9 Å². The maximum Gasteiger partial charge on any atom is 0.339 e. The number of thiophene rings is 1. The SMILES string of the molecule is COc1ccc2ncc(C(=O)OC[C@H]3CC[C@H](NCCSc4cccs4)CC3)cc2n1. The molecule has 0 saturated heterocycles. The zero-order valence-electron chi connectivity index (χ0n) is 17.6. The molecule has 1 fully saturated rings. The highest BCUT2D eigenvalue weighted by atomic mass is 32.2. The summed E-state index contributed by atoms with van der Waals surface area (Å²) in [5, 5.41) is 5.79. The number of esters is 1. The Morgan fingerprint density at radius 2 is 2.10 bits per heavy atom. The minimum Gasteiger partial charge on any atom is -0.481 e. The number of aromatic nitrogens is 2. The molecule has 3 aromatic rings. The van der Waals surface area contributed by atoms with Crippen LogP contribution in [0.3, 0.4) is 0 Å². The van der Waals surface area contributed by atoms with Crippen molar-refractivity contribution in [3.63, 3.8) is 0 Å². The van der Waals surface area contributed by atoms with Crippen LogP contribution < -0.4 is 10.1 Å². The maximum atomic E-state index is 12.5. The van der Waals surface area contributed by atoms with Crippen LogP contribution in [0, 0.1) is 5.92 Å². The fourth-order valence-electron chi connectivity index (χ4n) is 3.78. The molecule has 1 N–H and O–H groups in total. The minimum atomic E-state index is -0.343. The molecule has 0 amide bonds. The van der Waals surface area contributed by atoms with Gasteiger partial charge in [-0.2, -0.15) is 0 Å². The van der Waals surface area contributed by atoms with E-state index in [9.17, 15) is 4.79 Å². The molecule has 6 nitrogen and oxygen atoms in total. The molecule has 0 bridgehead atoms. The number of fused-ring (bicyclic) bond motifs is 1. The van der Waals surface area contributed by atoms with Gasteiger partial charge in [-0.3, -0.25) is 4.98 Å². The molecule has 31 heavy (non-hydrogen) atoms. The smallest absolute Gasteiger partial charge is 0.339 e. The number of nitrogens with one attached hydrogen (secondary N) is 1. The standard InChI is InChI=1S/C23H27N3O3S2/c1-28-21-9-8-19-20(26-21)13-17(14-25-19)23(27)29-15-16-4-6-18(7-5-16)24-10-12-31-22-3-2-11-30-22/h2-3,8-9,11,13-14,16,18,24H,4-7,10,12,15H2,1H3/t16-,18-. The van der Waals surface area contributed by atoms with Gasteiger partial charge in [0.2, 0.25) is 5.88 Å². The van der Waals surface area contributed by atoms with E-state index in [-0.39, 0.29) is 5.97 Å². The second-order valence-electron chi connectivity index (χ2n) is 7.67. The van der Waals surface area contributed by atoms with Gasteiger partial charge in [0, 0.05) is 30.6 Å². The summed E-state index contributed by atoms with van der Waals surface area (Å²) in [6.45, 7) is 1.49. The first-order valence-corrected chi connectivity index (χ1v) is 12.5. The van der Waals surface area contributed by atoms with Crippen molar-refractivity contribution in [3.8, 4) is 5.88 Å². The van der Waals surface area contributed by atoms with Crippen LogP contribution in [-0.2, 0) is 4.74 Å². The van der Waals surface area contributed by atoms with Crippen molar-refractivity contribution in [1.82, 2.24) is 15.3 Å². The Kier molecular flexibility index (Phi) is 7.77. The first-order valence-electron chi connectivity index (χ1n) is 10.6. The molecule has 3 aromatic heterocycles. The molecular weight excluding hydrogens is 430 g/mol. The number of methoxy groups -OCH3 is 1. The van der Waals surface area contributed by atoms with E-state index in [1.165, 1.54) is 4.21 Å². The van der Waals surface area contributed by atoms with E-state index >= 15 is 0 Å². The van der Waals surface area contributed by atoms with Gasteiger partial charge in [-0.05, 0) is 55.2 Å². The Bertz CT molecular complexity index is 989. The van der Waals surface area contributed by atoms with Crippen molar-refractivity contribution in [1.29, 1.82) is 0 Å². The summed E-state index contributed by atoms with van der Waals surface area (Å²) in [4.78, 5) is 21.1. The van der Waals surface area contributed by atoms with Gasteiger partial charge >= 0.3 is 5.97 Å². The quantitative estimate of drug-likeness (QED) is 0.281. The van der Waals surface area contributed by atoms with Gasteiger partial charge in [-0.25, -0.2) is 9.78 Å². The van der Waals surface area contributed by atoms with Gasteiger partial charge in [0.25, 0.3) is 0 Å². The Balaban J connectivity index is 1.18. The number of rotatable bonds is 9. The molecule has 0 radical (unpaired) electrons. The summed E-state index contributed by atoms with van der Waals surface area (Å²) in [5.41, 5.74) is 1.77. The van der Waals surface area contributed by atoms with E-state index in [0.717, 1.165) is 43.5 Å². The third-order valence-corrected chi connectivity index (χ3v) is 7.66. The van der Waals surface area contributed by atoms with E-state index in [0.29, 0.717) is 35.5 Å².